The van der Waals surface area contributed by atoms with Crippen molar-refractivity contribution < 1.29 is 4.42 Å². The average molecular weight is 497 g/mol. The second-order valence-electron chi connectivity index (χ2n) is 7.81. The van der Waals surface area contributed by atoms with Gasteiger partial charge in [0.15, 0.2) is 0 Å². The van der Waals surface area contributed by atoms with Gasteiger partial charge in [-0.15, -0.1) is 45.3 Å². The van der Waals surface area contributed by atoms with E-state index in [1.54, 1.807) is 22.7 Å². The quantitative estimate of drug-likeness (QED) is 0.236. The minimum absolute atomic E-state index is 0.936. The standard InChI is InChI=1S/C28H16OS4/c1-3-25(30-13-1)27-11-9-23(32-27)17-5-7-21-19(15-17)20-16-18(6-8-22(20)29-21)24-10-12-28(33-24)26-4-2-14-31-26/h1-16H. The summed E-state index contributed by atoms with van der Waals surface area (Å²) in [4.78, 5) is 7.85. The molecule has 0 unspecified atom stereocenters. The molecule has 0 aliphatic rings. The van der Waals surface area contributed by atoms with Crippen LogP contribution in [-0.2, 0) is 0 Å². The molecule has 7 aromatic rings. The molecule has 0 N–H and O–H groups in total. The molecule has 5 aromatic heterocycles. The van der Waals surface area contributed by atoms with Crippen LogP contribution in [0.1, 0.15) is 0 Å². The van der Waals surface area contributed by atoms with Crippen LogP contribution in [-0.4, -0.2) is 0 Å². The molecule has 2 aromatic carbocycles. The van der Waals surface area contributed by atoms with E-state index in [2.05, 4.69) is 95.7 Å². The smallest absolute Gasteiger partial charge is 0.135 e. The Hall–Kier alpha value is -2.96. The highest BCUT2D eigenvalue weighted by molar-refractivity contribution is 7.23. The molecule has 0 saturated carbocycles. The van der Waals surface area contributed by atoms with Crippen LogP contribution in [0.2, 0.25) is 0 Å². The van der Waals surface area contributed by atoms with E-state index in [-0.39, 0.29) is 0 Å². The van der Waals surface area contributed by atoms with Gasteiger partial charge in [-0.3, -0.25) is 0 Å². The molecule has 0 amide bonds. The fourth-order valence-electron chi connectivity index (χ4n) is 4.17. The summed E-state index contributed by atoms with van der Waals surface area (Å²) >= 11 is 7.26. The zero-order valence-corrected chi connectivity index (χ0v) is 20.5. The molecular formula is C28H16OS4. The molecule has 5 heteroatoms. The predicted octanol–water partition coefficient (Wildman–Crippen LogP) is 10.5. The summed E-state index contributed by atoms with van der Waals surface area (Å²) in [7, 11) is 0. The number of hydrogen-bond donors (Lipinski definition) is 0. The molecule has 0 aliphatic carbocycles. The Morgan fingerprint density at radius 1 is 0.455 bits per heavy atom. The lowest BCUT2D eigenvalue weighted by Gasteiger charge is -1.99. The fraction of sp³-hybridized carbons (Fsp3) is 0. The van der Waals surface area contributed by atoms with Crippen LogP contribution in [0.4, 0.5) is 0 Å². The summed E-state index contributed by atoms with van der Waals surface area (Å²) in [6.45, 7) is 0. The lowest BCUT2D eigenvalue weighted by Crippen LogP contribution is -1.74. The van der Waals surface area contributed by atoms with Crippen molar-refractivity contribution >= 4 is 67.3 Å². The minimum Gasteiger partial charge on any atom is -0.456 e. The first-order chi connectivity index (χ1) is 16.3. The lowest BCUT2D eigenvalue weighted by atomic mass is 10.1. The Balaban J connectivity index is 1.31. The number of hydrogen-bond acceptors (Lipinski definition) is 5. The summed E-state index contributed by atoms with van der Waals surface area (Å²) < 4.78 is 6.17. The maximum absolute atomic E-state index is 6.17. The molecule has 7 rings (SSSR count). The van der Waals surface area contributed by atoms with Gasteiger partial charge in [0.1, 0.15) is 11.2 Å². The van der Waals surface area contributed by atoms with Gasteiger partial charge in [-0.05, 0) is 94.7 Å². The second-order valence-corrected chi connectivity index (χ2v) is 11.9. The minimum atomic E-state index is 0.936. The Labute approximate surface area is 206 Å². The van der Waals surface area contributed by atoms with Gasteiger partial charge in [0.25, 0.3) is 0 Å². The highest BCUT2D eigenvalue weighted by atomic mass is 32.1. The number of thiophene rings is 4. The number of fused-ring (bicyclic) bond motifs is 3. The van der Waals surface area contributed by atoms with Crippen LogP contribution in [0.15, 0.2) is 100 Å². The Bertz CT molecular complexity index is 1580. The van der Waals surface area contributed by atoms with Crippen LogP contribution >= 0.6 is 45.3 Å². The Morgan fingerprint density at radius 3 is 1.39 bits per heavy atom. The summed E-state index contributed by atoms with van der Waals surface area (Å²) in [5, 5.41) is 6.61. The van der Waals surface area contributed by atoms with E-state index in [4.69, 9.17) is 4.42 Å². The number of benzene rings is 2. The Kier molecular flexibility index (Phi) is 4.62. The predicted molar refractivity (Wildman–Crippen MR) is 147 cm³/mol. The monoisotopic (exact) mass is 496 g/mol. The normalized spacial score (nSPS) is 11.6. The summed E-state index contributed by atoms with van der Waals surface area (Å²) in [5.41, 5.74) is 4.34. The lowest BCUT2D eigenvalue weighted by molar-refractivity contribution is 0.669. The summed E-state index contributed by atoms with van der Waals surface area (Å²) in [6, 6.07) is 30.6. The van der Waals surface area contributed by atoms with E-state index >= 15 is 0 Å². The van der Waals surface area contributed by atoms with Crippen LogP contribution < -0.4 is 0 Å². The number of rotatable bonds is 4. The molecule has 0 aliphatic heterocycles. The maximum Gasteiger partial charge on any atom is 0.135 e. The van der Waals surface area contributed by atoms with E-state index in [1.807, 2.05) is 22.7 Å². The van der Waals surface area contributed by atoms with Gasteiger partial charge in [-0.1, -0.05) is 12.1 Å². The van der Waals surface area contributed by atoms with Gasteiger partial charge in [-0.2, -0.15) is 0 Å². The fourth-order valence-corrected chi connectivity index (χ4v) is 7.85. The van der Waals surface area contributed by atoms with Crippen molar-refractivity contribution in [1.29, 1.82) is 0 Å². The molecule has 0 radical (unpaired) electrons. The molecule has 1 nitrogen and oxygen atoms in total. The third-order valence-electron chi connectivity index (χ3n) is 5.78. The molecule has 0 bridgehead atoms. The van der Waals surface area contributed by atoms with Crippen LogP contribution in [0.5, 0.6) is 0 Å². The molecule has 33 heavy (non-hydrogen) atoms. The number of furan rings is 1. The van der Waals surface area contributed by atoms with Gasteiger partial charge < -0.3 is 4.42 Å². The van der Waals surface area contributed by atoms with Crippen molar-refractivity contribution in [2.24, 2.45) is 0 Å². The van der Waals surface area contributed by atoms with Crippen molar-refractivity contribution in [3.05, 3.63) is 95.7 Å². The maximum atomic E-state index is 6.17. The summed E-state index contributed by atoms with van der Waals surface area (Å²) in [5.74, 6) is 0. The Morgan fingerprint density at radius 2 is 0.939 bits per heavy atom. The highest BCUT2D eigenvalue weighted by Crippen LogP contribution is 2.41. The van der Waals surface area contributed by atoms with Gasteiger partial charge in [0.2, 0.25) is 0 Å². The molecule has 158 valence electrons. The van der Waals surface area contributed by atoms with Crippen molar-refractivity contribution in [2.75, 3.05) is 0 Å². The third kappa shape index (κ3) is 3.40. The van der Waals surface area contributed by atoms with Crippen LogP contribution in [0.25, 0.3) is 62.3 Å². The van der Waals surface area contributed by atoms with Crippen LogP contribution in [0, 0.1) is 0 Å². The molecule has 0 saturated heterocycles. The topological polar surface area (TPSA) is 13.1 Å². The first-order valence-electron chi connectivity index (χ1n) is 10.6. The molecule has 0 spiro atoms. The highest BCUT2D eigenvalue weighted by Gasteiger charge is 2.13. The first-order valence-corrected chi connectivity index (χ1v) is 14.0. The average Bonchev–Trinajstić information content (AvgIpc) is 3.68. The van der Waals surface area contributed by atoms with Crippen molar-refractivity contribution in [1.82, 2.24) is 0 Å². The van der Waals surface area contributed by atoms with Gasteiger partial charge in [0.05, 0.1) is 0 Å². The van der Waals surface area contributed by atoms with E-state index in [0.29, 0.717) is 0 Å². The largest absolute Gasteiger partial charge is 0.456 e. The van der Waals surface area contributed by atoms with E-state index in [1.165, 1.54) is 51.2 Å². The van der Waals surface area contributed by atoms with Gasteiger partial charge in [0, 0.05) is 40.0 Å². The zero-order valence-electron chi connectivity index (χ0n) is 17.3. The SMILES string of the molecule is c1csc(-c2ccc(-c3ccc4oc5ccc(-c6ccc(-c7cccs7)s6)cc5c4c3)s2)c1. The molecule has 0 atom stereocenters. The van der Waals surface area contributed by atoms with Gasteiger partial charge >= 0.3 is 0 Å². The first kappa shape index (κ1) is 19.5. The third-order valence-corrected chi connectivity index (χ3v) is 10.2. The molecule has 5 heterocycles. The van der Waals surface area contributed by atoms with E-state index < -0.39 is 0 Å². The van der Waals surface area contributed by atoms with Crippen molar-refractivity contribution in [3.63, 3.8) is 0 Å². The van der Waals surface area contributed by atoms with Crippen molar-refractivity contribution in [2.45, 2.75) is 0 Å². The molecule has 0 fully saturated rings. The van der Waals surface area contributed by atoms with Crippen LogP contribution in [0.3, 0.4) is 0 Å². The summed E-state index contributed by atoms with van der Waals surface area (Å²) in [6.07, 6.45) is 0. The molecular weight excluding hydrogens is 481 g/mol. The zero-order chi connectivity index (χ0) is 21.8. The van der Waals surface area contributed by atoms with Gasteiger partial charge in [-0.25, -0.2) is 0 Å². The second kappa shape index (κ2) is 7.82. The van der Waals surface area contributed by atoms with E-state index in [9.17, 15) is 0 Å². The van der Waals surface area contributed by atoms with Crippen molar-refractivity contribution in [3.8, 4) is 40.4 Å². The van der Waals surface area contributed by atoms with E-state index in [0.717, 1.165) is 11.2 Å².